The lowest BCUT2D eigenvalue weighted by Gasteiger charge is -2.09. The highest BCUT2D eigenvalue weighted by atomic mass is 19.3. The molecule has 1 aromatic rings. The molecule has 0 saturated heterocycles. The van der Waals surface area contributed by atoms with Crippen LogP contribution in [0.5, 0.6) is 5.75 Å². The Bertz CT molecular complexity index is 464. The van der Waals surface area contributed by atoms with Gasteiger partial charge in [-0.2, -0.15) is 8.78 Å². The molecular weight excluding hydrogens is 282 g/mol. The zero-order valence-electron chi connectivity index (χ0n) is 11.9. The molecule has 0 radical (unpaired) electrons. The summed E-state index contributed by atoms with van der Waals surface area (Å²) in [6, 6.07) is 5.97. The van der Waals surface area contributed by atoms with E-state index in [0.29, 0.717) is 5.56 Å². The first-order chi connectivity index (χ1) is 10.0. The van der Waals surface area contributed by atoms with Gasteiger partial charge in [0.15, 0.2) is 6.61 Å². The first-order valence-electron chi connectivity index (χ1n) is 6.50. The monoisotopic (exact) mass is 300 g/mol. The van der Waals surface area contributed by atoms with Gasteiger partial charge in [-0.15, -0.1) is 0 Å². The fourth-order valence-electron chi connectivity index (χ4n) is 1.35. The molecule has 0 aliphatic heterocycles. The first-order valence-corrected chi connectivity index (χ1v) is 6.50. The second kappa shape index (κ2) is 8.89. The van der Waals surface area contributed by atoms with Crippen LogP contribution in [0.2, 0.25) is 0 Å². The zero-order valence-corrected chi connectivity index (χ0v) is 11.9. The summed E-state index contributed by atoms with van der Waals surface area (Å²) in [5, 5.41) is 6.36. The fourth-order valence-corrected chi connectivity index (χ4v) is 1.35. The van der Waals surface area contributed by atoms with E-state index in [9.17, 15) is 13.6 Å². The van der Waals surface area contributed by atoms with Crippen LogP contribution in [-0.2, 0) is 9.63 Å². The average Bonchev–Trinajstić information content (AvgIpc) is 2.44. The summed E-state index contributed by atoms with van der Waals surface area (Å²) >= 11 is 0. The molecule has 1 amide bonds. The zero-order chi connectivity index (χ0) is 15.7. The Morgan fingerprint density at radius 2 is 2.05 bits per heavy atom. The summed E-state index contributed by atoms with van der Waals surface area (Å²) in [4.78, 5) is 16.2. The Morgan fingerprint density at radius 1 is 1.38 bits per heavy atom. The number of alkyl halides is 2. The molecule has 1 atom stereocenters. The largest absolute Gasteiger partial charge is 0.435 e. The van der Waals surface area contributed by atoms with Crippen LogP contribution in [0.15, 0.2) is 29.4 Å². The molecule has 21 heavy (non-hydrogen) atoms. The van der Waals surface area contributed by atoms with Gasteiger partial charge in [-0.3, -0.25) is 4.79 Å². The van der Waals surface area contributed by atoms with E-state index in [1.54, 1.807) is 12.1 Å². The molecule has 0 bridgehead atoms. The molecule has 0 aromatic heterocycles. The second-order valence-corrected chi connectivity index (χ2v) is 4.33. The lowest BCUT2D eigenvalue weighted by Crippen LogP contribution is -2.34. The topological polar surface area (TPSA) is 59.9 Å². The van der Waals surface area contributed by atoms with Gasteiger partial charge < -0.3 is 14.9 Å². The van der Waals surface area contributed by atoms with Gasteiger partial charge in [0.2, 0.25) is 0 Å². The SMILES string of the molecule is CCC(C)NC(=O)CO/N=C/c1ccc(OC(F)F)cc1. The number of benzene rings is 1. The van der Waals surface area contributed by atoms with Gasteiger partial charge in [0.25, 0.3) is 5.91 Å². The standard InChI is InChI=1S/C14H18F2N2O3/c1-3-10(2)18-13(19)9-20-17-8-11-4-6-12(7-5-11)21-14(15)16/h4-8,10,14H,3,9H2,1-2H3,(H,18,19)/b17-8+. The van der Waals surface area contributed by atoms with E-state index in [4.69, 9.17) is 4.84 Å². The minimum absolute atomic E-state index is 0.0657. The maximum absolute atomic E-state index is 12.0. The van der Waals surface area contributed by atoms with Crippen molar-refractivity contribution in [2.75, 3.05) is 6.61 Å². The van der Waals surface area contributed by atoms with Gasteiger partial charge in [-0.1, -0.05) is 12.1 Å². The van der Waals surface area contributed by atoms with Crippen molar-refractivity contribution in [1.82, 2.24) is 5.32 Å². The van der Waals surface area contributed by atoms with E-state index in [1.807, 2.05) is 13.8 Å². The molecule has 0 spiro atoms. The van der Waals surface area contributed by atoms with Crippen molar-refractivity contribution < 1.29 is 23.1 Å². The highest BCUT2D eigenvalue weighted by Gasteiger charge is 2.05. The summed E-state index contributed by atoms with van der Waals surface area (Å²) in [7, 11) is 0. The van der Waals surface area contributed by atoms with Crippen molar-refractivity contribution in [1.29, 1.82) is 0 Å². The van der Waals surface area contributed by atoms with E-state index in [0.717, 1.165) is 6.42 Å². The van der Waals surface area contributed by atoms with Crippen molar-refractivity contribution in [3.63, 3.8) is 0 Å². The Morgan fingerprint density at radius 3 is 2.62 bits per heavy atom. The summed E-state index contributed by atoms with van der Waals surface area (Å²) in [5.41, 5.74) is 0.638. The molecule has 0 aliphatic carbocycles. The molecule has 1 aromatic carbocycles. The Labute approximate surface area is 121 Å². The van der Waals surface area contributed by atoms with E-state index in [1.165, 1.54) is 18.3 Å². The molecule has 0 aliphatic rings. The number of carbonyl (C=O) groups is 1. The van der Waals surface area contributed by atoms with Crippen molar-refractivity contribution in [2.24, 2.45) is 5.16 Å². The molecule has 0 heterocycles. The van der Waals surface area contributed by atoms with E-state index in [2.05, 4.69) is 15.2 Å². The Hall–Kier alpha value is -2.18. The third-order valence-corrected chi connectivity index (χ3v) is 2.60. The average molecular weight is 300 g/mol. The minimum atomic E-state index is -2.85. The van der Waals surface area contributed by atoms with Crippen LogP contribution in [0.1, 0.15) is 25.8 Å². The number of oxime groups is 1. The second-order valence-electron chi connectivity index (χ2n) is 4.33. The smallest absolute Gasteiger partial charge is 0.387 e. The molecule has 1 N–H and O–H groups in total. The lowest BCUT2D eigenvalue weighted by molar-refractivity contribution is -0.126. The number of hydrogen-bond donors (Lipinski definition) is 1. The number of rotatable bonds is 8. The van der Waals surface area contributed by atoms with Crippen molar-refractivity contribution >= 4 is 12.1 Å². The number of ether oxygens (including phenoxy) is 1. The number of amides is 1. The highest BCUT2D eigenvalue weighted by molar-refractivity contribution is 5.80. The highest BCUT2D eigenvalue weighted by Crippen LogP contribution is 2.13. The molecule has 0 saturated carbocycles. The van der Waals surface area contributed by atoms with E-state index >= 15 is 0 Å². The number of nitrogens with zero attached hydrogens (tertiary/aromatic N) is 1. The third-order valence-electron chi connectivity index (χ3n) is 2.60. The van der Waals surface area contributed by atoms with Crippen LogP contribution in [0.25, 0.3) is 0 Å². The number of hydrogen-bond acceptors (Lipinski definition) is 4. The van der Waals surface area contributed by atoms with Crippen molar-refractivity contribution in [2.45, 2.75) is 32.9 Å². The number of carbonyl (C=O) groups excluding carboxylic acids is 1. The van der Waals surface area contributed by atoms with Crippen molar-refractivity contribution in [3.05, 3.63) is 29.8 Å². The van der Waals surface area contributed by atoms with E-state index in [-0.39, 0.29) is 24.3 Å². The van der Waals surface area contributed by atoms with Crippen LogP contribution in [-0.4, -0.2) is 31.4 Å². The Balaban J connectivity index is 2.35. The fraction of sp³-hybridized carbons (Fsp3) is 0.429. The predicted octanol–water partition coefficient (Wildman–Crippen LogP) is 2.55. The third kappa shape index (κ3) is 7.24. The normalized spacial score (nSPS) is 12.4. The lowest BCUT2D eigenvalue weighted by atomic mass is 10.2. The molecular formula is C14H18F2N2O3. The van der Waals surface area contributed by atoms with Gasteiger partial charge in [0, 0.05) is 6.04 Å². The van der Waals surface area contributed by atoms with Crippen LogP contribution in [0.4, 0.5) is 8.78 Å². The van der Waals surface area contributed by atoms with Gasteiger partial charge in [-0.05, 0) is 43.2 Å². The Kier molecular flexibility index (Phi) is 7.14. The number of nitrogens with one attached hydrogen (secondary N) is 1. The van der Waals surface area contributed by atoms with Gasteiger partial charge in [0.1, 0.15) is 5.75 Å². The van der Waals surface area contributed by atoms with Crippen molar-refractivity contribution in [3.8, 4) is 5.75 Å². The molecule has 7 heteroatoms. The van der Waals surface area contributed by atoms with Gasteiger partial charge >= 0.3 is 6.61 Å². The maximum Gasteiger partial charge on any atom is 0.387 e. The molecule has 5 nitrogen and oxygen atoms in total. The molecule has 0 fully saturated rings. The first kappa shape index (κ1) is 16.9. The predicted molar refractivity (Wildman–Crippen MR) is 74.5 cm³/mol. The van der Waals surface area contributed by atoms with Gasteiger partial charge in [0.05, 0.1) is 6.21 Å². The summed E-state index contributed by atoms with van der Waals surface area (Å²) in [5.74, 6) is -0.182. The van der Waals surface area contributed by atoms with Crippen LogP contribution in [0.3, 0.4) is 0 Å². The van der Waals surface area contributed by atoms with Crippen LogP contribution < -0.4 is 10.1 Å². The van der Waals surface area contributed by atoms with Gasteiger partial charge in [-0.25, -0.2) is 0 Å². The molecule has 116 valence electrons. The maximum atomic E-state index is 12.0. The summed E-state index contributed by atoms with van der Waals surface area (Å²) in [6.07, 6.45) is 2.21. The minimum Gasteiger partial charge on any atom is -0.435 e. The van der Waals surface area contributed by atoms with Crippen LogP contribution in [0, 0.1) is 0 Å². The summed E-state index contributed by atoms with van der Waals surface area (Å²) < 4.78 is 28.1. The quantitative estimate of drug-likeness (QED) is 0.593. The number of halogens is 2. The van der Waals surface area contributed by atoms with Crippen LogP contribution >= 0.6 is 0 Å². The molecule has 1 rings (SSSR count). The van der Waals surface area contributed by atoms with E-state index < -0.39 is 6.61 Å². The molecule has 1 unspecified atom stereocenters. The summed E-state index contributed by atoms with van der Waals surface area (Å²) in [6.45, 7) is 0.833.